The van der Waals surface area contributed by atoms with Crippen LogP contribution in [0.1, 0.15) is 6.42 Å². The Morgan fingerprint density at radius 1 is 1.78 bits per heavy atom. The molecule has 0 bridgehead atoms. The van der Waals surface area contributed by atoms with Crippen molar-refractivity contribution in [1.29, 1.82) is 5.26 Å². The minimum atomic E-state index is -0.860. The van der Waals surface area contributed by atoms with Gasteiger partial charge in [-0.05, 0) is 0 Å². The maximum atomic E-state index is 10.7. The SMILES string of the molecule is C=CCS(=O)CCC#N. The van der Waals surface area contributed by atoms with Gasteiger partial charge in [-0.3, -0.25) is 4.21 Å². The second-order valence-electron chi connectivity index (χ2n) is 1.51. The van der Waals surface area contributed by atoms with E-state index in [1.54, 1.807) is 6.08 Å². The van der Waals surface area contributed by atoms with E-state index in [4.69, 9.17) is 5.26 Å². The Hall–Kier alpha value is -0.620. The van der Waals surface area contributed by atoms with Crippen molar-refractivity contribution in [2.75, 3.05) is 11.5 Å². The summed E-state index contributed by atoms with van der Waals surface area (Å²) in [7, 11) is -0.860. The molecule has 0 N–H and O–H groups in total. The Bertz CT molecular complexity index is 148. The van der Waals surface area contributed by atoms with Gasteiger partial charge in [-0.15, -0.1) is 6.58 Å². The highest BCUT2D eigenvalue weighted by Crippen LogP contribution is 1.85. The van der Waals surface area contributed by atoms with Crippen LogP contribution >= 0.6 is 0 Å². The van der Waals surface area contributed by atoms with Crippen LogP contribution < -0.4 is 0 Å². The van der Waals surface area contributed by atoms with Crippen LogP contribution in [0, 0.1) is 11.3 Å². The van der Waals surface area contributed by atoms with Crippen molar-refractivity contribution in [3.05, 3.63) is 12.7 Å². The second kappa shape index (κ2) is 5.52. The standard InChI is InChI=1S/C6H9NOS/c1-2-5-9(8)6-3-4-7/h2H,1,3,5-6H2. The van der Waals surface area contributed by atoms with E-state index in [-0.39, 0.29) is 0 Å². The molecular formula is C6H9NOS. The molecule has 0 spiro atoms. The normalized spacial score (nSPS) is 11.9. The van der Waals surface area contributed by atoms with E-state index in [0.29, 0.717) is 17.9 Å². The van der Waals surface area contributed by atoms with Crippen molar-refractivity contribution in [1.82, 2.24) is 0 Å². The van der Waals surface area contributed by atoms with Crippen molar-refractivity contribution in [2.24, 2.45) is 0 Å². The quantitative estimate of drug-likeness (QED) is 0.547. The third-order valence-electron chi connectivity index (χ3n) is 0.745. The lowest BCUT2D eigenvalue weighted by Crippen LogP contribution is -1.98. The van der Waals surface area contributed by atoms with Gasteiger partial charge in [-0.25, -0.2) is 0 Å². The number of hydrogen-bond donors (Lipinski definition) is 0. The maximum absolute atomic E-state index is 10.7. The molecule has 2 nitrogen and oxygen atoms in total. The molecule has 0 amide bonds. The van der Waals surface area contributed by atoms with Crippen LogP contribution in [0.5, 0.6) is 0 Å². The van der Waals surface area contributed by atoms with E-state index < -0.39 is 10.8 Å². The molecule has 0 aromatic heterocycles. The first-order valence-corrected chi connectivity index (χ1v) is 4.13. The molecule has 3 heteroatoms. The molecule has 0 aromatic carbocycles. The van der Waals surface area contributed by atoms with Crippen LogP contribution in [0.15, 0.2) is 12.7 Å². The van der Waals surface area contributed by atoms with Crippen LogP contribution in [-0.2, 0) is 10.8 Å². The minimum absolute atomic E-state index is 0.375. The van der Waals surface area contributed by atoms with E-state index >= 15 is 0 Å². The van der Waals surface area contributed by atoms with Crippen molar-refractivity contribution in [3.63, 3.8) is 0 Å². The zero-order valence-corrected chi connectivity index (χ0v) is 5.99. The van der Waals surface area contributed by atoms with Gasteiger partial charge in [0, 0.05) is 28.7 Å². The first kappa shape index (κ1) is 8.38. The minimum Gasteiger partial charge on any atom is -0.259 e. The summed E-state index contributed by atoms with van der Waals surface area (Å²) in [5.74, 6) is 0.976. The monoisotopic (exact) mass is 143 g/mol. The maximum Gasteiger partial charge on any atom is 0.0631 e. The predicted octanol–water partition coefficient (Wildman–Crippen LogP) is 0.835. The highest BCUT2D eigenvalue weighted by molar-refractivity contribution is 7.85. The summed E-state index contributed by atoms with van der Waals surface area (Å²) in [4.78, 5) is 0. The van der Waals surface area contributed by atoms with Gasteiger partial charge < -0.3 is 0 Å². The lowest BCUT2D eigenvalue weighted by Gasteiger charge is -1.89. The van der Waals surface area contributed by atoms with Gasteiger partial charge in [0.15, 0.2) is 0 Å². The lowest BCUT2D eigenvalue weighted by molar-refractivity contribution is 0.684. The number of nitriles is 1. The fourth-order valence-corrected chi connectivity index (χ4v) is 1.12. The van der Waals surface area contributed by atoms with Crippen molar-refractivity contribution >= 4 is 10.8 Å². The molecule has 9 heavy (non-hydrogen) atoms. The largest absolute Gasteiger partial charge is 0.259 e. The average Bonchev–Trinajstić information content (AvgIpc) is 1.85. The summed E-state index contributed by atoms with van der Waals surface area (Å²) < 4.78 is 10.7. The lowest BCUT2D eigenvalue weighted by atomic mass is 10.6. The van der Waals surface area contributed by atoms with Gasteiger partial charge in [0.2, 0.25) is 0 Å². The molecule has 0 aliphatic carbocycles. The Morgan fingerprint density at radius 3 is 2.89 bits per heavy atom. The summed E-state index contributed by atoms with van der Waals surface area (Å²) in [5, 5.41) is 8.07. The second-order valence-corrected chi connectivity index (χ2v) is 3.13. The molecule has 50 valence electrons. The van der Waals surface area contributed by atoms with Gasteiger partial charge in [0.1, 0.15) is 0 Å². The fourth-order valence-electron chi connectivity index (χ4n) is 0.374. The summed E-state index contributed by atoms with van der Waals surface area (Å²) in [6, 6.07) is 1.93. The Labute approximate surface area is 57.6 Å². The fraction of sp³-hybridized carbons (Fsp3) is 0.500. The van der Waals surface area contributed by atoms with Gasteiger partial charge in [-0.2, -0.15) is 5.26 Å². The summed E-state index contributed by atoms with van der Waals surface area (Å²) in [6.45, 7) is 3.43. The van der Waals surface area contributed by atoms with Crippen molar-refractivity contribution in [2.45, 2.75) is 6.42 Å². The number of nitrogens with zero attached hydrogens (tertiary/aromatic N) is 1. The summed E-state index contributed by atoms with van der Waals surface area (Å²) >= 11 is 0. The molecule has 0 heterocycles. The first-order valence-electron chi connectivity index (χ1n) is 2.64. The van der Waals surface area contributed by atoms with Crippen LogP contribution in [-0.4, -0.2) is 15.7 Å². The molecule has 1 atom stereocenters. The molecule has 0 saturated heterocycles. The Morgan fingerprint density at radius 2 is 2.44 bits per heavy atom. The molecule has 0 aliphatic rings. The third-order valence-corrected chi connectivity index (χ3v) is 2.01. The predicted molar refractivity (Wildman–Crippen MR) is 38.3 cm³/mol. The average molecular weight is 143 g/mol. The van der Waals surface area contributed by atoms with Crippen LogP contribution in [0.3, 0.4) is 0 Å². The molecule has 0 rings (SSSR count). The van der Waals surface area contributed by atoms with E-state index in [0.717, 1.165) is 0 Å². The van der Waals surface area contributed by atoms with Gasteiger partial charge in [-0.1, -0.05) is 6.08 Å². The van der Waals surface area contributed by atoms with Crippen molar-refractivity contribution < 1.29 is 4.21 Å². The molecule has 0 radical (unpaired) electrons. The smallest absolute Gasteiger partial charge is 0.0631 e. The van der Waals surface area contributed by atoms with Gasteiger partial charge >= 0.3 is 0 Å². The zero-order valence-electron chi connectivity index (χ0n) is 5.17. The van der Waals surface area contributed by atoms with Gasteiger partial charge in [0.05, 0.1) is 6.07 Å². The van der Waals surface area contributed by atoms with E-state index in [1.165, 1.54) is 0 Å². The molecule has 0 fully saturated rings. The molecule has 0 aliphatic heterocycles. The number of rotatable bonds is 4. The van der Waals surface area contributed by atoms with Gasteiger partial charge in [0.25, 0.3) is 0 Å². The molecule has 0 aromatic rings. The van der Waals surface area contributed by atoms with Crippen LogP contribution in [0.2, 0.25) is 0 Å². The van der Waals surface area contributed by atoms with Crippen molar-refractivity contribution in [3.8, 4) is 6.07 Å². The summed E-state index contributed by atoms with van der Waals surface area (Å²) in [5.41, 5.74) is 0. The first-order chi connectivity index (χ1) is 4.31. The number of hydrogen-bond acceptors (Lipinski definition) is 2. The highest BCUT2D eigenvalue weighted by Gasteiger charge is 1.93. The third kappa shape index (κ3) is 5.25. The Balaban J connectivity index is 3.29. The molecule has 1 unspecified atom stereocenters. The van der Waals surface area contributed by atoms with E-state index in [9.17, 15) is 4.21 Å². The summed E-state index contributed by atoms with van der Waals surface area (Å²) in [6.07, 6.45) is 1.98. The molecular weight excluding hydrogens is 134 g/mol. The Kier molecular flexibility index (Phi) is 5.14. The topological polar surface area (TPSA) is 40.9 Å². The van der Waals surface area contributed by atoms with E-state index in [2.05, 4.69) is 6.58 Å². The van der Waals surface area contributed by atoms with Crippen LogP contribution in [0.4, 0.5) is 0 Å². The zero-order chi connectivity index (χ0) is 7.11. The highest BCUT2D eigenvalue weighted by atomic mass is 32.2. The van der Waals surface area contributed by atoms with Crippen LogP contribution in [0.25, 0.3) is 0 Å². The van der Waals surface area contributed by atoms with E-state index in [1.807, 2.05) is 6.07 Å². The molecule has 0 saturated carbocycles.